The molecule has 0 bridgehead atoms. The molecule has 0 aliphatic heterocycles. The number of carboxylic acid groups (broad SMARTS) is 1. The normalized spacial score (nSPS) is 14.9. The summed E-state index contributed by atoms with van der Waals surface area (Å²) in [5.41, 5.74) is -1.33. The van der Waals surface area contributed by atoms with Crippen LogP contribution in [0.5, 0.6) is 0 Å². The van der Waals surface area contributed by atoms with Crippen molar-refractivity contribution >= 4 is 6.09 Å². The van der Waals surface area contributed by atoms with Crippen LogP contribution in [0.4, 0.5) is 4.79 Å². The minimum Gasteiger partial charge on any atom is -0.465 e. The summed E-state index contributed by atoms with van der Waals surface area (Å²) in [4.78, 5) is 12.9. The van der Waals surface area contributed by atoms with Gasteiger partial charge in [-0.05, 0) is 47.0 Å². The minimum absolute atomic E-state index is 0.164. The van der Waals surface area contributed by atoms with Gasteiger partial charge in [-0.25, -0.2) is 4.79 Å². The Bertz CT molecular complexity index is 261. The van der Waals surface area contributed by atoms with Gasteiger partial charge in [0.15, 0.2) is 0 Å². The van der Waals surface area contributed by atoms with Crippen LogP contribution in [0, 0.1) is 5.92 Å². The molecule has 17 heavy (non-hydrogen) atoms. The highest BCUT2D eigenvalue weighted by Gasteiger charge is 2.37. The van der Waals surface area contributed by atoms with Gasteiger partial charge in [0, 0.05) is 11.6 Å². The van der Waals surface area contributed by atoms with Crippen molar-refractivity contribution in [2.45, 2.75) is 72.1 Å². The molecule has 2 N–H and O–H groups in total. The van der Waals surface area contributed by atoms with Crippen LogP contribution in [0.25, 0.3) is 0 Å². The predicted molar refractivity (Wildman–Crippen MR) is 69.2 cm³/mol. The number of aliphatic hydroxyl groups is 1. The number of carbonyl (C=O) groups is 1. The van der Waals surface area contributed by atoms with E-state index in [4.69, 9.17) is 0 Å². The van der Waals surface area contributed by atoms with Gasteiger partial charge in [0.1, 0.15) is 0 Å². The van der Waals surface area contributed by atoms with Gasteiger partial charge in [-0.2, -0.15) is 0 Å². The van der Waals surface area contributed by atoms with E-state index in [-0.39, 0.29) is 12.0 Å². The van der Waals surface area contributed by atoms with E-state index >= 15 is 0 Å². The zero-order valence-corrected chi connectivity index (χ0v) is 12.1. The third-order valence-electron chi connectivity index (χ3n) is 2.74. The topological polar surface area (TPSA) is 60.8 Å². The average molecular weight is 245 g/mol. The lowest BCUT2D eigenvalue weighted by Gasteiger charge is -2.43. The molecule has 1 atom stereocenters. The zero-order chi connectivity index (χ0) is 14.0. The van der Waals surface area contributed by atoms with Crippen LogP contribution >= 0.6 is 0 Å². The molecule has 1 amide bonds. The molecule has 102 valence electrons. The van der Waals surface area contributed by atoms with Crippen LogP contribution in [0.3, 0.4) is 0 Å². The summed E-state index contributed by atoms with van der Waals surface area (Å²) < 4.78 is 0. The molecule has 0 aliphatic carbocycles. The molecule has 0 heterocycles. The molecule has 0 radical (unpaired) electrons. The molecular weight excluding hydrogens is 218 g/mol. The Morgan fingerprint density at radius 2 is 1.59 bits per heavy atom. The van der Waals surface area contributed by atoms with Gasteiger partial charge in [0.25, 0.3) is 0 Å². The SMILES string of the molecule is CC(C)[C@@H](CC(C)(C)O)N(C(=O)O)C(C)(C)C. The molecule has 0 aromatic carbocycles. The lowest BCUT2D eigenvalue weighted by atomic mass is 9.88. The average Bonchev–Trinajstić information content (AvgIpc) is 1.96. The van der Waals surface area contributed by atoms with E-state index in [1.807, 2.05) is 34.6 Å². The number of nitrogens with zero attached hydrogens (tertiary/aromatic N) is 1. The summed E-state index contributed by atoms with van der Waals surface area (Å²) in [7, 11) is 0. The first-order valence-electron chi connectivity index (χ1n) is 6.11. The molecule has 0 saturated carbocycles. The van der Waals surface area contributed by atoms with Crippen LogP contribution in [-0.4, -0.2) is 38.4 Å². The molecule has 0 unspecified atom stereocenters. The van der Waals surface area contributed by atoms with Crippen LogP contribution < -0.4 is 0 Å². The molecule has 0 saturated heterocycles. The maximum absolute atomic E-state index is 11.4. The molecule has 0 rings (SSSR count). The molecule has 4 nitrogen and oxygen atoms in total. The fraction of sp³-hybridized carbons (Fsp3) is 0.923. The van der Waals surface area contributed by atoms with E-state index in [1.54, 1.807) is 13.8 Å². The molecule has 0 aliphatic rings. The molecular formula is C13H27NO3. The third kappa shape index (κ3) is 5.39. The van der Waals surface area contributed by atoms with Gasteiger partial charge in [0.2, 0.25) is 0 Å². The van der Waals surface area contributed by atoms with Gasteiger partial charge in [0.05, 0.1) is 5.60 Å². The van der Waals surface area contributed by atoms with E-state index < -0.39 is 17.2 Å². The second-order valence-corrected chi connectivity index (χ2v) is 6.65. The summed E-state index contributed by atoms with van der Waals surface area (Å²) in [5, 5.41) is 19.3. The van der Waals surface area contributed by atoms with Gasteiger partial charge in [-0.3, -0.25) is 0 Å². The largest absolute Gasteiger partial charge is 0.465 e. The lowest BCUT2D eigenvalue weighted by Crippen LogP contribution is -2.54. The van der Waals surface area contributed by atoms with Crippen molar-refractivity contribution in [3.05, 3.63) is 0 Å². The number of hydrogen-bond donors (Lipinski definition) is 2. The summed E-state index contributed by atoms with van der Waals surface area (Å²) >= 11 is 0. The van der Waals surface area contributed by atoms with E-state index in [9.17, 15) is 15.0 Å². The maximum Gasteiger partial charge on any atom is 0.407 e. The van der Waals surface area contributed by atoms with Crippen molar-refractivity contribution in [1.29, 1.82) is 0 Å². The quantitative estimate of drug-likeness (QED) is 0.800. The predicted octanol–water partition coefficient (Wildman–Crippen LogP) is 2.95. The van der Waals surface area contributed by atoms with Gasteiger partial charge >= 0.3 is 6.09 Å². The van der Waals surface area contributed by atoms with Gasteiger partial charge < -0.3 is 15.1 Å². The van der Waals surface area contributed by atoms with Crippen LogP contribution in [0.15, 0.2) is 0 Å². The first-order valence-corrected chi connectivity index (χ1v) is 6.11. The second-order valence-electron chi connectivity index (χ2n) is 6.65. The van der Waals surface area contributed by atoms with E-state index in [1.165, 1.54) is 4.90 Å². The number of rotatable bonds is 4. The maximum atomic E-state index is 11.4. The van der Waals surface area contributed by atoms with Crippen LogP contribution in [-0.2, 0) is 0 Å². The number of amides is 1. The summed E-state index contributed by atoms with van der Waals surface area (Å²) in [6, 6.07) is -0.188. The summed E-state index contributed by atoms with van der Waals surface area (Å²) in [6.07, 6.45) is -0.491. The second kappa shape index (κ2) is 5.25. The fourth-order valence-electron chi connectivity index (χ4n) is 2.06. The van der Waals surface area contributed by atoms with Crippen molar-refractivity contribution in [2.75, 3.05) is 0 Å². The van der Waals surface area contributed by atoms with Crippen LogP contribution in [0.1, 0.15) is 54.9 Å². The Balaban J connectivity index is 5.20. The summed E-state index contributed by atoms with van der Waals surface area (Å²) in [6.45, 7) is 13.0. The highest BCUT2D eigenvalue weighted by atomic mass is 16.4. The van der Waals surface area contributed by atoms with Gasteiger partial charge in [-0.1, -0.05) is 13.8 Å². The van der Waals surface area contributed by atoms with Crippen molar-refractivity contribution in [3.8, 4) is 0 Å². The lowest BCUT2D eigenvalue weighted by molar-refractivity contribution is -0.00262. The Morgan fingerprint density at radius 3 is 1.76 bits per heavy atom. The van der Waals surface area contributed by atoms with Crippen molar-refractivity contribution in [1.82, 2.24) is 4.90 Å². The third-order valence-corrected chi connectivity index (χ3v) is 2.74. The smallest absolute Gasteiger partial charge is 0.407 e. The van der Waals surface area contributed by atoms with E-state index in [0.717, 1.165) is 0 Å². The molecule has 4 heteroatoms. The Morgan fingerprint density at radius 1 is 1.18 bits per heavy atom. The standard InChI is InChI=1S/C13H27NO3/c1-9(2)10(8-13(6,7)17)14(11(15)16)12(3,4)5/h9-10,17H,8H2,1-7H3,(H,15,16)/t10-/m1/s1. The molecule has 0 aromatic rings. The molecule has 0 spiro atoms. The van der Waals surface area contributed by atoms with Crippen molar-refractivity contribution < 1.29 is 15.0 Å². The first-order chi connectivity index (χ1) is 7.36. The minimum atomic E-state index is -0.930. The Kier molecular flexibility index (Phi) is 5.02. The Hall–Kier alpha value is -0.770. The summed E-state index contributed by atoms with van der Waals surface area (Å²) in [5.74, 6) is 0.164. The molecule has 0 fully saturated rings. The van der Waals surface area contributed by atoms with E-state index in [2.05, 4.69) is 0 Å². The van der Waals surface area contributed by atoms with Crippen molar-refractivity contribution in [2.24, 2.45) is 5.92 Å². The highest BCUT2D eigenvalue weighted by Crippen LogP contribution is 2.28. The zero-order valence-electron chi connectivity index (χ0n) is 12.1. The van der Waals surface area contributed by atoms with E-state index in [0.29, 0.717) is 6.42 Å². The fourth-order valence-corrected chi connectivity index (χ4v) is 2.06. The first kappa shape index (κ1) is 16.2. The van der Waals surface area contributed by atoms with Crippen LogP contribution in [0.2, 0.25) is 0 Å². The Labute approximate surface area is 105 Å². The van der Waals surface area contributed by atoms with Gasteiger partial charge in [-0.15, -0.1) is 0 Å². The van der Waals surface area contributed by atoms with Crippen molar-refractivity contribution in [3.63, 3.8) is 0 Å². The monoisotopic (exact) mass is 245 g/mol. The number of hydrogen-bond acceptors (Lipinski definition) is 2. The molecule has 0 aromatic heterocycles. The highest BCUT2D eigenvalue weighted by molar-refractivity contribution is 5.66.